The number of rotatable bonds is 6. The standard InChI is InChI=1S/C18H19ClN10O/c1-10-13(6-11(8-20-10)23-15(30)7-19)24-16-12-9-21-18(26-17(12)29(3)27-16)25-14-4-5-22-28(14)2/h4-6,8-9H,7H2,1-3H3,(H,23,30)(H,24,27)(H,21,25,26). The smallest absolute Gasteiger partial charge is 0.239 e. The number of nitrogens with one attached hydrogen (secondary N) is 3. The zero-order valence-electron chi connectivity index (χ0n) is 16.5. The third kappa shape index (κ3) is 3.87. The van der Waals surface area contributed by atoms with Crippen LogP contribution in [-0.4, -0.2) is 46.3 Å². The Bertz CT molecular complexity index is 1230. The van der Waals surface area contributed by atoms with Crippen LogP contribution in [0.4, 0.5) is 29.0 Å². The molecule has 1 amide bonds. The number of amides is 1. The molecule has 0 radical (unpaired) electrons. The van der Waals surface area contributed by atoms with Gasteiger partial charge in [0, 0.05) is 26.4 Å². The lowest BCUT2D eigenvalue weighted by atomic mass is 10.2. The molecule has 0 saturated heterocycles. The highest BCUT2D eigenvalue weighted by molar-refractivity contribution is 6.29. The largest absolute Gasteiger partial charge is 0.337 e. The van der Waals surface area contributed by atoms with Crippen LogP contribution in [0.1, 0.15) is 5.69 Å². The number of aromatic nitrogens is 7. The third-order valence-corrected chi connectivity index (χ3v) is 4.63. The number of hydrogen-bond acceptors (Lipinski definition) is 8. The van der Waals surface area contributed by atoms with Gasteiger partial charge in [-0.1, -0.05) is 0 Å². The first-order chi connectivity index (χ1) is 14.4. The number of halogens is 1. The molecule has 4 aromatic rings. The molecule has 0 unspecified atom stereocenters. The summed E-state index contributed by atoms with van der Waals surface area (Å²) in [5.41, 5.74) is 2.62. The van der Waals surface area contributed by atoms with Crippen molar-refractivity contribution in [3.05, 3.63) is 36.4 Å². The quantitative estimate of drug-likeness (QED) is 0.401. The normalized spacial score (nSPS) is 10.9. The molecule has 4 rings (SSSR count). The Morgan fingerprint density at radius 3 is 2.73 bits per heavy atom. The molecule has 0 bridgehead atoms. The first-order valence-corrected chi connectivity index (χ1v) is 9.52. The summed E-state index contributed by atoms with van der Waals surface area (Å²) in [7, 11) is 3.63. The van der Waals surface area contributed by atoms with E-state index in [1.54, 1.807) is 41.1 Å². The van der Waals surface area contributed by atoms with Crippen molar-refractivity contribution < 1.29 is 4.79 Å². The van der Waals surface area contributed by atoms with Gasteiger partial charge in [0.15, 0.2) is 11.5 Å². The lowest BCUT2D eigenvalue weighted by molar-refractivity contribution is -0.113. The molecule has 0 spiro atoms. The van der Waals surface area contributed by atoms with Gasteiger partial charge in [-0.25, -0.2) is 9.67 Å². The number of nitrogens with zero attached hydrogens (tertiary/aromatic N) is 7. The molecule has 0 aliphatic heterocycles. The molecule has 11 nitrogen and oxygen atoms in total. The molecule has 0 saturated carbocycles. The molecule has 0 aromatic carbocycles. The second-order valence-corrected chi connectivity index (χ2v) is 6.80. The summed E-state index contributed by atoms with van der Waals surface area (Å²) in [6, 6.07) is 3.60. The summed E-state index contributed by atoms with van der Waals surface area (Å²) < 4.78 is 3.35. The van der Waals surface area contributed by atoms with Crippen LogP contribution in [0.5, 0.6) is 0 Å². The zero-order chi connectivity index (χ0) is 21.3. The summed E-state index contributed by atoms with van der Waals surface area (Å²) in [5.74, 6) is 1.34. The Kier molecular flexibility index (Phi) is 5.19. The van der Waals surface area contributed by atoms with Gasteiger partial charge in [0.2, 0.25) is 11.9 Å². The zero-order valence-corrected chi connectivity index (χ0v) is 17.3. The number of pyridine rings is 1. The van der Waals surface area contributed by atoms with Crippen molar-refractivity contribution in [2.24, 2.45) is 14.1 Å². The van der Waals surface area contributed by atoms with Gasteiger partial charge in [-0.2, -0.15) is 15.2 Å². The number of carbonyl (C=O) groups is 1. The van der Waals surface area contributed by atoms with E-state index in [2.05, 4.69) is 41.1 Å². The molecule has 4 heterocycles. The van der Waals surface area contributed by atoms with E-state index < -0.39 is 0 Å². The van der Waals surface area contributed by atoms with Crippen LogP contribution in [-0.2, 0) is 18.9 Å². The summed E-state index contributed by atoms with van der Waals surface area (Å²) in [4.78, 5) is 24.8. The molecule has 154 valence electrons. The number of anilines is 5. The number of carbonyl (C=O) groups excluding carboxylic acids is 1. The molecular weight excluding hydrogens is 408 g/mol. The van der Waals surface area contributed by atoms with Crippen LogP contribution >= 0.6 is 11.6 Å². The molecule has 3 N–H and O–H groups in total. The fourth-order valence-electron chi connectivity index (χ4n) is 2.85. The van der Waals surface area contributed by atoms with E-state index in [4.69, 9.17) is 11.6 Å². The van der Waals surface area contributed by atoms with Crippen molar-refractivity contribution in [2.45, 2.75) is 6.92 Å². The Morgan fingerprint density at radius 1 is 1.17 bits per heavy atom. The Hall–Kier alpha value is -3.73. The van der Waals surface area contributed by atoms with Crippen LogP contribution < -0.4 is 16.0 Å². The van der Waals surface area contributed by atoms with Crippen molar-refractivity contribution in [1.29, 1.82) is 0 Å². The summed E-state index contributed by atoms with van der Waals surface area (Å²) in [6.45, 7) is 1.85. The number of fused-ring (bicyclic) bond motifs is 1. The average Bonchev–Trinajstić information content (AvgIpc) is 3.27. The van der Waals surface area contributed by atoms with Crippen molar-refractivity contribution in [3.8, 4) is 0 Å². The topological polar surface area (TPSA) is 127 Å². The first-order valence-electron chi connectivity index (χ1n) is 8.99. The molecule has 30 heavy (non-hydrogen) atoms. The highest BCUT2D eigenvalue weighted by Crippen LogP contribution is 2.27. The summed E-state index contributed by atoms with van der Waals surface area (Å²) >= 11 is 5.55. The van der Waals surface area contributed by atoms with Crippen LogP contribution in [0.3, 0.4) is 0 Å². The Labute approximate surface area is 176 Å². The van der Waals surface area contributed by atoms with E-state index in [9.17, 15) is 4.79 Å². The highest BCUT2D eigenvalue weighted by Gasteiger charge is 2.14. The van der Waals surface area contributed by atoms with Gasteiger partial charge in [0.05, 0.1) is 34.8 Å². The molecule has 0 aliphatic carbocycles. The molecule has 0 fully saturated rings. The van der Waals surface area contributed by atoms with Crippen LogP contribution in [0.2, 0.25) is 0 Å². The van der Waals surface area contributed by atoms with E-state index in [1.165, 1.54) is 0 Å². The Balaban J connectivity index is 1.63. The minimum atomic E-state index is -0.307. The predicted octanol–water partition coefficient (Wildman–Crippen LogP) is 2.46. The Morgan fingerprint density at radius 2 is 2.00 bits per heavy atom. The third-order valence-electron chi connectivity index (χ3n) is 4.39. The van der Waals surface area contributed by atoms with Gasteiger partial charge < -0.3 is 16.0 Å². The maximum atomic E-state index is 11.5. The minimum absolute atomic E-state index is 0.131. The molecule has 0 aliphatic rings. The van der Waals surface area contributed by atoms with Gasteiger partial charge in [0.25, 0.3) is 0 Å². The summed E-state index contributed by atoms with van der Waals surface area (Å²) in [6.07, 6.45) is 4.95. The fourth-order valence-corrected chi connectivity index (χ4v) is 2.92. The molecule has 0 atom stereocenters. The summed E-state index contributed by atoms with van der Waals surface area (Å²) in [5, 5.41) is 18.4. The number of aryl methyl sites for hydroxylation is 3. The monoisotopic (exact) mass is 426 g/mol. The lowest BCUT2D eigenvalue weighted by Gasteiger charge is -2.10. The lowest BCUT2D eigenvalue weighted by Crippen LogP contribution is -2.13. The van der Waals surface area contributed by atoms with Gasteiger partial charge in [-0.3, -0.25) is 14.5 Å². The van der Waals surface area contributed by atoms with Crippen molar-refractivity contribution in [3.63, 3.8) is 0 Å². The van der Waals surface area contributed by atoms with Crippen molar-refractivity contribution in [2.75, 3.05) is 21.8 Å². The fraction of sp³-hybridized carbons (Fsp3) is 0.222. The van der Waals surface area contributed by atoms with Crippen LogP contribution in [0.25, 0.3) is 11.0 Å². The SMILES string of the molecule is Cc1ncc(NC(=O)CCl)cc1Nc1nn(C)c2nc(Nc3ccnn3C)ncc12. The van der Waals surface area contributed by atoms with Gasteiger partial charge in [-0.05, 0) is 13.0 Å². The van der Waals surface area contributed by atoms with Gasteiger partial charge >= 0.3 is 0 Å². The maximum absolute atomic E-state index is 11.5. The van der Waals surface area contributed by atoms with E-state index in [-0.39, 0.29) is 11.8 Å². The minimum Gasteiger partial charge on any atom is -0.337 e. The molecular formula is C18H19ClN10O. The average molecular weight is 427 g/mol. The molecule has 12 heteroatoms. The van der Waals surface area contributed by atoms with E-state index >= 15 is 0 Å². The number of alkyl halides is 1. The second-order valence-electron chi connectivity index (χ2n) is 6.53. The maximum Gasteiger partial charge on any atom is 0.239 e. The van der Waals surface area contributed by atoms with Crippen molar-refractivity contribution in [1.82, 2.24) is 34.5 Å². The highest BCUT2D eigenvalue weighted by atomic mass is 35.5. The van der Waals surface area contributed by atoms with Gasteiger partial charge in [0.1, 0.15) is 11.7 Å². The predicted molar refractivity (Wildman–Crippen MR) is 114 cm³/mol. The number of hydrogen-bond donors (Lipinski definition) is 3. The second kappa shape index (κ2) is 7.95. The van der Waals surface area contributed by atoms with E-state index in [0.29, 0.717) is 28.8 Å². The van der Waals surface area contributed by atoms with Crippen LogP contribution in [0.15, 0.2) is 30.7 Å². The van der Waals surface area contributed by atoms with Crippen molar-refractivity contribution >= 4 is 57.5 Å². The molecule has 4 aromatic heterocycles. The van der Waals surface area contributed by atoms with E-state index in [0.717, 1.165) is 16.9 Å². The van der Waals surface area contributed by atoms with Gasteiger partial charge in [-0.15, -0.1) is 11.6 Å². The van der Waals surface area contributed by atoms with Crippen LogP contribution in [0, 0.1) is 6.92 Å². The van der Waals surface area contributed by atoms with E-state index in [1.807, 2.05) is 20.0 Å². The first kappa shape index (κ1) is 19.6.